The van der Waals surface area contributed by atoms with E-state index in [-0.39, 0.29) is 23.9 Å². The number of aliphatic hydroxyl groups is 1. The van der Waals surface area contributed by atoms with E-state index in [9.17, 15) is 14.7 Å². The van der Waals surface area contributed by atoms with Crippen LogP contribution >= 0.6 is 0 Å². The van der Waals surface area contributed by atoms with Crippen LogP contribution in [0.4, 0.5) is 5.69 Å². The van der Waals surface area contributed by atoms with Gasteiger partial charge in [-0.15, -0.1) is 0 Å². The third-order valence-electron chi connectivity index (χ3n) is 5.27. The molecule has 1 aliphatic carbocycles. The van der Waals surface area contributed by atoms with Crippen molar-refractivity contribution in [2.75, 3.05) is 11.4 Å². The van der Waals surface area contributed by atoms with Crippen LogP contribution in [0.3, 0.4) is 0 Å². The lowest BCUT2D eigenvalue weighted by molar-refractivity contribution is -0.116. The first-order valence-electron chi connectivity index (χ1n) is 8.85. The molecule has 7 nitrogen and oxygen atoms in total. The van der Waals surface area contributed by atoms with E-state index in [1.807, 2.05) is 25.3 Å². The quantitative estimate of drug-likeness (QED) is 0.867. The Balaban J connectivity index is 1.48. The average Bonchev–Trinajstić information content (AvgIpc) is 3.19. The number of hydrogen-bond acceptors (Lipinski definition) is 4. The number of fused-ring (bicyclic) bond motifs is 1. The molecule has 1 fully saturated rings. The zero-order valence-corrected chi connectivity index (χ0v) is 14.8. The maximum absolute atomic E-state index is 12.6. The monoisotopic (exact) mass is 354 g/mol. The van der Waals surface area contributed by atoms with E-state index in [0.717, 1.165) is 23.2 Å². The van der Waals surface area contributed by atoms with Crippen molar-refractivity contribution in [2.24, 2.45) is 0 Å². The van der Waals surface area contributed by atoms with Crippen LogP contribution in [-0.2, 0) is 11.2 Å². The molecule has 26 heavy (non-hydrogen) atoms. The van der Waals surface area contributed by atoms with Crippen molar-refractivity contribution in [2.45, 2.75) is 44.9 Å². The normalized spacial score (nSPS) is 24.1. The topological polar surface area (TPSA) is 87.5 Å². The summed E-state index contributed by atoms with van der Waals surface area (Å²) in [5.41, 5.74) is 3.49. The highest BCUT2D eigenvalue weighted by molar-refractivity contribution is 5.98. The molecule has 1 saturated carbocycles. The van der Waals surface area contributed by atoms with E-state index < -0.39 is 6.10 Å². The molecule has 1 aromatic carbocycles. The first kappa shape index (κ1) is 16.8. The molecule has 0 saturated heterocycles. The Kier molecular flexibility index (Phi) is 4.03. The van der Waals surface area contributed by atoms with Crippen LogP contribution in [-0.4, -0.2) is 45.4 Å². The van der Waals surface area contributed by atoms with Crippen molar-refractivity contribution in [3.63, 3.8) is 0 Å². The molecule has 0 bridgehead atoms. The number of benzene rings is 1. The molecule has 3 atom stereocenters. The standard InChI is InChI=1S/C19H22N4O3/c1-11-9-20-23(10-11)18-15(8-17(18)25)21-19(26)14-3-4-16-13(7-14)5-6-22(16)12(2)24/h3-4,7,9-10,15,17-18,25H,5-6,8H2,1-2H3,(H,21,26)/t15-,17+,18+/m0/s1. The van der Waals surface area contributed by atoms with Crippen molar-refractivity contribution in [1.82, 2.24) is 15.1 Å². The summed E-state index contributed by atoms with van der Waals surface area (Å²) in [6, 6.07) is 5.05. The van der Waals surface area contributed by atoms with Gasteiger partial charge in [0.05, 0.1) is 24.4 Å². The zero-order chi connectivity index (χ0) is 18.4. The Morgan fingerprint density at radius 1 is 1.35 bits per heavy atom. The summed E-state index contributed by atoms with van der Waals surface area (Å²) in [5.74, 6) is -0.151. The Morgan fingerprint density at radius 3 is 2.81 bits per heavy atom. The van der Waals surface area contributed by atoms with Gasteiger partial charge in [0.15, 0.2) is 0 Å². The summed E-state index contributed by atoms with van der Waals surface area (Å²) in [4.78, 5) is 26.0. The molecule has 2 amide bonds. The number of rotatable bonds is 3. The summed E-state index contributed by atoms with van der Waals surface area (Å²) in [5, 5.41) is 17.3. The number of aromatic nitrogens is 2. The van der Waals surface area contributed by atoms with Gasteiger partial charge in [0.1, 0.15) is 0 Å². The van der Waals surface area contributed by atoms with Crippen LogP contribution in [0, 0.1) is 6.92 Å². The average molecular weight is 354 g/mol. The van der Waals surface area contributed by atoms with Gasteiger partial charge in [-0.25, -0.2) is 0 Å². The number of nitrogens with one attached hydrogen (secondary N) is 1. The fourth-order valence-electron chi connectivity index (χ4n) is 3.83. The Hall–Kier alpha value is -2.67. The van der Waals surface area contributed by atoms with E-state index >= 15 is 0 Å². The van der Waals surface area contributed by atoms with E-state index in [1.165, 1.54) is 0 Å². The lowest BCUT2D eigenvalue weighted by Crippen LogP contribution is -2.56. The zero-order valence-electron chi connectivity index (χ0n) is 14.8. The van der Waals surface area contributed by atoms with E-state index in [2.05, 4.69) is 10.4 Å². The number of carbonyl (C=O) groups is 2. The fraction of sp³-hybridized carbons (Fsp3) is 0.421. The minimum Gasteiger partial charge on any atom is -0.391 e. The molecule has 2 aromatic rings. The van der Waals surface area contributed by atoms with Gasteiger partial charge in [-0.05, 0) is 49.1 Å². The predicted octanol–water partition coefficient (Wildman–Crippen LogP) is 1.20. The molecule has 136 valence electrons. The molecule has 2 N–H and O–H groups in total. The predicted molar refractivity (Wildman–Crippen MR) is 96.1 cm³/mol. The molecule has 4 rings (SSSR count). The summed E-state index contributed by atoms with van der Waals surface area (Å²) >= 11 is 0. The van der Waals surface area contributed by atoms with Crippen LogP contribution in [0.5, 0.6) is 0 Å². The van der Waals surface area contributed by atoms with Gasteiger partial charge in [-0.2, -0.15) is 5.10 Å². The smallest absolute Gasteiger partial charge is 0.251 e. The first-order valence-corrected chi connectivity index (χ1v) is 8.85. The molecule has 2 heterocycles. The van der Waals surface area contributed by atoms with Gasteiger partial charge in [0.25, 0.3) is 5.91 Å². The molecule has 1 aliphatic heterocycles. The number of nitrogens with zero attached hydrogens (tertiary/aromatic N) is 3. The lowest BCUT2D eigenvalue weighted by atomic mass is 9.83. The molecule has 0 spiro atoms. The van der Waals surface area contributed by atoms with Gasteiger partial charge >= 0.3 is 0 Å². The van der Waals surface area contributed by atoms with Crippen LogP contribution in [0.1, 0.15) is 40.9 Å². The maximum atomic E-state index is 12.6. The molecule has 0 unspecified atom stereocenters. The van der Waals surface area contributed by atoms with Crippen molar-refractivity contribution in [3.8, 4) is 0 Å². The number of anilines is 1. The number of hydrogen-bond donors (Lipinski definition) is 2. The Labute approximate surface area is 151 Å². The Bertz CT molecular complexity index is 875. The highest BCUT2D eigenvalue weighted by Gasteiger charge is 2.43. The van der Waals surface area contributed by atoms with E-state index in [4.69, 9.17) is 0 Å². The largest absolute Gasteiger partial charge is 0.391 e. The lowest BCUT2D eigenvalue weighted by Gasteiger charge is -2.41. The summed E-state index contributed by atoms with van der Waals surface area (Å²) < 4.78 is 1.72. The van der Waals surface area contributed by atoms with Crippen LogP contribution in [0.15, 0.2) is 30.6 Å². The van der Waals surface area contributed by atoms with E-state index in [0.29, 0.717) is 18.5 Å². The van der Waals surface area contributed by atoms with Crippen LogP contribution in [0.2, 0.25) is 0 Å². The fourth-order valence-corrected chi connectivity index (χ4v) is 3.83. The third kappa shape index (κ3) is 2.78. The third-order valence-corrected chi connectivity index (χ3v) is 5.27. The molecule has 0 radical (unpaired) electrons. The minimum atomic E-state index is -0.510. The number of aliphatic hydroxyl groups excluding tert-OH is 1. The number of aryl methyl sites for hydroxylation is 1. The summed E-state index contributed by atoms with van der Waals surface area (Å²) in [6.45, 7) is 4.15. The molecule has 1 aromatic heterocycles. The SMILES string of the molecule is CC(=O)N1CCc2cc(C(=O)N[C@H]3C[C@@H](O)[C@@H]3n3cc(C)cn3)ccc21. The van der Waals surface area contributed by atoms with Gasteiger partial charge in [0, 0.05) is 30.9 Å². The van der Waals surface area contributed by atoms with Gasteiger partial charge < -0.3 is 15.3 Å². The summed E-state index contributed by atoms with van der Waals surface area (Å²) in [6.07, 6.45) is 4.37. The first-order chi connectivity index (χ1) is 12.4. The van der Waals surface area contributed by atoms with Crippen molar-refractivity contribution >= 4 is 17.5 Å². The van der Waals surface area contributed by atoms with E-state index in [1.54, 1.807) is 28.8 Å². The highest BCUT2D eigenvalue weighted by Crippen LogP contribution is 2.33. The van der Waals surface area contributed by atoms with Gasteiger partial charge in [-0.3, -0.25) is 14.3 Å². The molecular weight excluding hydrogens is 332 g/mol. The highest BCUT2D eigenvalue weighted by atomic mass is 16.3. The van der Waals surface area contributed by atoms with Gasteiger partial charge in [-0.1, -0.05) is 0 Å². The van der Waals surface area contributed by atoms with Crippen molar-refractivity contribution < 1.29 is 14.7 Å². The Morgan fingerprint density at radius 2 is 2.15 bits per heavy atom. The van der Waals surface area contributed by atoms with Crippen LogP contribution in [0.25, 0.3) is 0 Å². The summed E-state index contributed by atoms with van der Waals surface area (Å²) in [7, 11) is 0. The van der Waals surface area contributed by atoms with Crippen molar-refractivity contribution in [1.29, 1.82) is 0 Å². The van der Waals surface area contributed by atoms with Gasteiger partial charge in [0.2, 0.25) is 5.91 Å². The molecule has 7 heteroatoms. The maximum Gasteiger partial charge on any atom is 0.251 e. The minimum absolute atomic E-state index is 0.0155. The molecular formula is C19H22N4O3. The molecule has 2 aliphatic rings. The van der Waals surface area contributed by atoms with Crippen LogP contribution < -0.4 is 10.2 Å². The van der Waals surface area contributed by atoms with Crippen molar-refractivity contribution in [3.05, 3.63) is 47.3 Å². The number of carbonyl (C=O) groups excluding carboxylic acids is 2. The second-order valence-electron chi connectivity index (χ2n) is 7.14. The second-order valence-corrected chi connectivity index (χ2v) is 7.14. The second kappa shape index (κ2) is 6.25. The number of amides is 2.